The quantitative estimate of drug-likeness (QED) is 0.149. The number of rotatable bonds is 7. The van der Waals surface area contributed by atoms with E-state index < -0.39 is 0 Å². The van der Waals surface area contributed by atoms with Gasteiger partial charge in [-0.25, -0.2) is 15.0 Å². The van der Waals surface area contributed by atoms with Gasteiger partial charge in [-0.1, -0.05) is 139 Å². The van der Waals surface area contributed by atoms with Gasteiger partial charge < -0.3 is 4.81 Å². The third kappa shape index (κ3) is 6.67. The number of allylic oxidation sites excluding steroid dienone is 2. The molecule has 0 fully saturated rings. The third-order valence-electron chi connectivity index (χ3n) is 12.3. The van der Waals surface area contributed by atoms with Gasteiger partial charge in [0.05, 0.1) is 0 Å². The van der Waals surface area contributed by atoms with E-state index in [1.165, 1.54) is 55.2 Å². The summed E-state index contributed by atoms with van der Waals surface area (Å²) in [4.78, 5) is 26.1. The minimum Gasteiger partial charge on any atom is -0.383 e. The molecule has 10 aromatic rings. The van der Waals surface area contributed by atoms with Crippen molar-refractivity contribution in [2.24, 2.45) is 0 Å². The Kier molecular flexibility index (Phi) is 9.15. The summed E-state index contributed by atoms with van der Waals surface area (Å²) in [5.74, 6) is 3.99. The van der Waals surface area contributed by atoms with Crippen molar-refractivity contribution in [2.45, 2.75) is 0 Å². The monoisotopic (exact) mass is 816 g/mol. The lowest BCUT2D eigenvalue weighted by Gasteiger charge is -2.38. The van der Waals surface area contributed by atoms with E-state index in [-0.39, 0.29) is 6.85 Å². The number of pyridine rings is 2. The molecule has 0 spiro atoms. The van der Waals surface area contributed by atoms with Crippen LogP contribution in [-0.4, -0.2) is 31.8 Å². The molecular formula is C57H37BN6. The van der Waals surface area contributed by atoms with E-state index >= 15 is 0 Å². The minimum absolute atomic E-state index is 0.0598. The summed E-state index contributed by atoms with van der Waals surface area (Å²) in [5.41, 5.74) is 16.7. The zero-order valence-electron chi connectivity index (χ0n) is 34.6. The lowest BCUT2D eigenvalue weighted by molar-refractivity contribution is 1.07. The van der Waals surface area contributed by atoms with Crippen molar-refractivity contribution < 1.29 is 0 Å². The number of fused-ring (bicyclic) bond motifs is 7. The highest BCUT2D eigenvalue weighted by Gasteiger charge is 2.36. The van der Waals surface area contributed by atoms with E-state index in [9.17, 15) is 0 Å². The number of benzene rings is 7. The Morgan fingerprint density at radius 1 is 0.375 bits per heavy atom. The van der Waals surface area contributed by atoms with E-state index in [1.54, 1.807) is 24.8 Å². The summed E-state index contributed by atoms with van der Waals surface area (Å²) in [6.07, 6.45) is 13.5. The molecule has 64 heavy (non-hydrogen) atoms. The van der Waals surface area contributed by atoms with E-state index in [1.807, 2.05) is 24.3 Å². The predicted octanol–water partition coefficient (Wildman–Crippen LogP) is 12.8. The first-order chi connectivity index (χ1) is 31.7. The van der Waals surface area contributed by atoms with Crippen LogP contribution in [0.1, 0.15) is 0 Å². The van der Waals surface area contributed by atoms with Crippen LogP contribution in [0.25, 0.3) is 101 Å². The maximum absolute atomic E-state index is 5.05. The van der Waals surface area contributed by atoms with Crippen molar-refractivity contribution in [1.29, 1.82) is 0 Å². The highest BCUT2D eigenvalue weighted by Crippen LogP contribution is 2.44. The molecule has 0 atom stereocenters. The molecule has 0 bridgehead atoms. The first-order valence-electron chi connectivity index (χ1n) is 21.5. The van der Waals surface area contributed by atoms with Gasteiger partial charge in [0.2, 0.25) is 0 Å². The highest BCUT2D eigenvalue weighted by atomic mass is 15.1. The zero-order valence-corrected chi connectivity index (χ0v) is 34.6. The Balaban J connectivity index is 1.05. The van der Waals surface area contributed by atoms with Crippen LogP contribution >= 0.6 is 0 Å². The predicted molar refractivity (Wildman–Crippen MR) is 263 cm³/mol. The Morgan fingerprint density at radius 3 is 1.70 bits per heavy atom. The largest absolute Gasteiger partial charge is 0.383 e. The van der Waals surface area contributed by atoms with Crippen LogP contribution in [0, 0.1) is 0 Å². The van der Waals surface area contributed by atoms with Gasteiger partial charge in [0.1, 0.15) is 0 Å². The fourth-order valence-electron chi connectivity index (χ4n) is 9.24. The SMILES string of the molecule is C1=CB2c3c(-c4ccc(-c5cccc6ccccc56)cc4)cc(-c4cccc(-c5ccccc5)c4)cc3-c3ccc(-c4nc(-c5cccnc5)nc(-c5cccnc5)n4)cc3N2C=C1. The Hall–Kier alpha value is -8.55. The molecule has 0 saturated heterocycles. The third-order valence-corrected chi connectivity index (χ3v) is 12.3. The smallest absolute Gasteiger partial charge is 0.321 e. The van der Waals surface area contributed by atoms with Gasteiger partial charge in [0, 0.05) is 52.7 Å². The summed E-state index contributed by atoms with van der Waals surface area (Å²) in [6.45, 7) is -0.0598. The highest BCUT2D eigenvalue weighted by molar-refractivity contribution is 6.85. The molecule has 6 nitrogen and oxygen atoms in total. The summed E-state index contributed by atoms with van der Waals surface area (Å²) in [5, 5.41) is 2.49. The molecule has 12 rings (SSSR count). The standard InChI is InChI=1S/C57H37BN6/c1-2-12-38(13-3-1)42-16-8-17-43(32-42)47-33-51(41-24-22-40(23-25-41)49-21-9-15-39-14-4-5-20-48(39)49)54-52(34-47)50-27-26-44(35-53(50)64-31-7-6-28-58(54)64)55-61-56(45-18-10-29-59-36-45)63-57(62-55)46-19-11-30-60-37-46/h1-37H. The molecule has 298 valence electrons. The van der Waals surface area contributed by atoms with Crippen molar-refractivity contribution in [1.82, 2.24) is 24.9 Å². The maximum Gasteiger partial charge on any atom is 0.321 e. The van der Waals surface area contributed by atoms with Crippen LogP contribution in [0.15, 0.2) is 225 Å². The first kappa shape index (κ1) is 37.2. The van der Waals surface area contributed by atoms with Crippen molar-refractivity contribution in [3.63, 3.8) is 0 Å². The molecule has 0 radical (unpaired) electrons. The Bertz CT molecular complexity index is 3380. The molecule has 7 heteroatoms. The fourth-order valence-corrected chi connectivity index (χ4v) is 9.24. The van der Waals surface area contributed by atoms with Gasteiger partial charge in [-0.05, 0) is 127 Å². The van der Waals surface area contributed by atoms with E-state index in [0.29, 0.717) is 17.5 Å². The maximum atomic E-state index is 5.05. The minimum atomic E-state index is -0.0598. The molecular weight excluding hydrogens is 779 g/mol. The molecule has 2 aliphatic heterocycles. The van der Waals surface area contributed by atoms with Gasteiger partial charge in [-0.15, -0.1) is 0 Å². The fraction of sp³-hybridized carbons (Fsp3) is 0. The summed E-state index contributed by atoms with van der Waals surface area (Å²) in [7, 11) is 0. The second-order valence-electron chi connectivity index (χ2n) is 16.1. The van der Waals surface area contributed by atoms with Gasteiger partial charge in [0.25, 0.3) is 0 Å². The number of hydrogen-bond donors (Lipinski definition) is 0. The second-order valence-corrected chi connectivity index (χ2v) is 16.1. The van der Waals surface area contributed by atoms with Crippen molar-refractivity contribution in [3.8, 4) is 89.8 Å². The average molecular weight is 817 g/mol. The number of anilines is 1. The molecule has 0 N–H and O–H groups in total. The molecule has 3 aromatic heterocycles. The Morgan fingerprint density at radius 2 is 0.969 bits per heavy atom. The van der Waals surface area contributed by atoms with Gasteiger partial charge in [-0.2, -0.15) is 0 Å². The lowest BCUT2D eigenvalue weighted by Crippen LogP contribution is -2.50. The van der Waals surface area contributed by atoms with Crippen molar-refractivity contribution in [3.05, 3.63) is 225 Å². The molecule has 0 unspecified atom stereocenters. The van der Waals surface area contributed by atoms with Crippen LogP contribution in [0.2, 0.25) is 0 Å². The topological polar surface area (TPSA) is 67.7 Å². The summed E-state index contributed by atoms with van der Waals surface area (Å²) < 4.78 is 0. The first-order valence-corrected chi connectivity index (χ1v) is 21.5. The summed E-state index contributed by atoms with van der Waals surface area (Å²) in [6, 6.07) is 62.9. The van der Waals surface area contributed by atoms with E-state index in [4.69, 9.17) is 15.0 Å². The number of aromatic nitrogens is 5. The van der Waals surface area contributed by atoms with Gasteiger partial charge in [-0.3, -0.25) is 9.97 Å². The second kappa shape index (κ2) is 15.7. The molecule has 5 heterocycles. The van der Waals surface area contributed by atoms with Crippen LogP contribution in [0.3, 0.4) is 0 Å². The number of hydrogen-bond acceptors (Lipinski definition) is 6. The van der Waals surface area contributed by atoms with E-state index in [0.717, 1.165) is 39.1 Å². The lowest BCUT2D eigenvalue weighted by atomic mass is 9.48. The van der Waals surface area contributed by atoms with Gasteiger partial charge in [0.15, 0.2) is 17.5 Å². The van der Waals surface area contributed by atoms with Crippen LogP contribution < -0.4 is 10.3 Å². The Labute approximate surface area is 371 Å². The normalized spacial score (nSPS) is 12.5. The molecule has 7 aromatic carbocycles. The van der Waals surface area contributed by atoms with Crippen molar-refractivity contribution in [2.75, 3.05) is 4.81 Å². The molecule has 0 amide bonds. The molecule has 2 aliphatic rings. The average Bonchev–Trinajstić information content (AvgIpc) is 3.39. The van der Waals surface area contributed by atoms with Crippen LogP contribution in [0.5, 0.6) is 0 Å². The van der Waals surface area contributed by atoms with Crippen LogP contribution in [0.4, 0.5) is 5.69 Å². The number of nitrogens with zero attached hydrogens (tertiary/aromatic N) is 6. The summed E-state index contributed by atoms with van der Waals surface area (Å²) >= 11 is 0. The van der Waals surface area contributed by atoms with Gasteiger partial charge >= 0.3 is 6.85 Å². The zero-order chi connectivity index (χ0) is 42.4. The van der Waals surface area contributed by atoms with Crippen LogP contribution in [-0.2, 0) is 0 Å². The van der Waals surface area contributed by atoms with Crippen molar-refractivity contribution >= 4 is 28.8 Å². The molecule has 0 saturated carbocycles. The van der Waals surface area contributed by atoms with E-state index in [2.05, 4.69) is 191 Å². The molecule has 0 aliphatic carbocycles.